The number of carboxylic acids is 1. The van der Waals surface area contributed by atoms with Gasteiger partial charge in [-0.2, -0.15) is 0 Å². The van der Waals surface area contributed by atoms with E-state index in [-0.39, 0.29) is 19.4 Å². The molecule has 3 atom stereocenters. The van der Waals surface area contributed by atoms with E-state index < -0.39 is 51.1 Å². The number of rotatable bonds is 48. The molecule has 4 N–H and O–H groups in total. The smallest absolute Gasteiger partial charge is 0.472 e. The first-order chi connectivity index (χ1) is 30.6. The molecule has 0 bridgehead atoms. The van der Waals surface area contributed by atoms with Gasteiger partial charge in [0, 0.05) is 12.8 Å². The first-order valence-electron chi connectivity index (χ1n) is 25.5. The van der Waals surface area contributed by atoms with Gasteiger partial charge in [-0.05, 0) is 51.4 Å². The van der Waals surface area contributed by atoms with Crippen LogP contribution in [0.4, 0.5) is 0 Å². The van der Waals surface area contributed by atoms with Crippen molar-refractivity contribution in [3.05, 3.63) is 36.5 Å². The third-order valence-electron chi connectivity index (χ3n) is 11.1. The van der Waals surface area contributed by atoms with Gasteiger partial charge in [-0.15, -0.1) is 0 Å². The van der Waals surface area contributed by atoms with Gasteiger partial charge in [0.05, 0.1) is 13.2 Å². The summed E-state index contributed by atoms with van der Waals surface area (Å²) in [6, 6.07) is -1.52. The largest absolute Gasteiger partial charge is 0.480 e. The number of phosphoric acid groups is 1. The molecule has 0 heterocycles. The van der Waals surface area contributed by atoms with Gasteiger partial charge >= 0.3 is 25.7 Å². The Morgan fingerprint density at radius 3 is 1.29 bits per heavy atom. The van der Waals surface area contributed by atoms with Crippen molar-refractivity contribution in [2.45, 2.75) is 251 Å². The molecule has 63 heavy (non-hydrogen) atoms. The summed E-state index contributed by atoms with van der Waals surface area (Å²) in [5, 5.41) is 8.92. The fourth-order valence-corrected chi connectivity index (χ4v) is 7.91. The number of esters is 2. The van der Waals surface area contributed by atoms with Crippen molar-refractivity contribution in [1.29, 1.82) is 0 Å². The number of carbonyl (C=O) groups is 3. The molecule has 0 amide bonds. The maximum Gasteiger partial charge on any atom is 0.472 e. The van der Waals surface area contributed by atoms with Crippen molar-refractivity contribution in [2.24, 2.45) is 5.73 Å². The summed E-state index contributed by atoms with van der Waals surface area (Å²) >= 11 is 0. The Bertz CT molecular complexity index is 1210. The monoisotopic (exact) mass is 912 g/mol. The number of ether oxygens (including phenoxy) is 2. The zero-order valence-electron chi connectivity index (χ0n) is 40.2. The van der Waals surface area contributed by atoms with E-state index in [2.05, 4.69) is 54.8 Å². The predicted molar refractivity (Wildman–Crippen MR) is 259 cm³/mol. The van der Waals surface area contributed by atoms with E-state index in [9.17, 15) is 23.8 Å². The highest BCUT2D eigenvalue weighted by Gasteiger charge is 2.28. The molecule has 0 aromatic carbocycles. The number of hydrogen-bond donors (Lipinski definition) is 3. The minimum atomic E-state index is -4.72. The number of hydrogen-bond acceptors (Lipinski definition) is 9. The van der Waals surface area contributed by atoms with Crippen LogP contribution >= 0.6 is 7.82 Å². The lowest BCUT2D eigenvalue weighted by atomic mass is 10.0. The summed E-state index contributed by atoms with van der Waals surface area (Å²) in [4.78, 5) is 46.2. The number of allylic oxidation sites excluding steroid dienone is 6. The van der Waals surface area contributed by atoms with Crippen LogP contribution in [0, 0.1) is 0 Å². The Morgan fingerprint density at radius 1 is 0.492 bits per heavy atom. The second-order valence-electron chi connectivity index (χ2n) is 17.3. The quantitative estimate of drug-likeness (QED) is 0.0230. The Balaban J connectivity index is 4.25. The maximum absolute atomic E-state index is 12.7. The summed E-state index contributed by atoms with van der Waals surface area (Å²) < 4.78 is 32.8. The SMILES string of the molecule is CCCCC/C=C/C/C=C/C/C=C/CCCCCCC(=O)OC[C@H](COP(=O)(O)OC[C@H](N)C(=O)O)OC(=O)CCCCCCCCCCCCCCCCCCCCCCCC. The van der Waals surface area contributed by atoms with Crippen LogP contribution in [0.3, 0.4) is 0 Å². The van der Waals surface area contributed by atoms with Crippen LogP contribution in [0.15, 0.2) is 36.5 Å². The minimum absolute atomic E-state index is 0.160. The van der Waals surface area contributed by atoms with Crippen molar-refractivity contribution >= 4 is 25.7 Å². The summed E-state index contributed by atoms with van der Waals surface area (Å²) in [6.45, 7) is 2.79. The van der Waals surface area contributed by atoms with Gasteiger partial charge in [0.15, 0.2) is 6.10 Å². The molecule has 0 saturated heterocycles. The molecular formula is C51H94NO10P. The maximum atomic E-state index is 12.7. The molecule has 0 aliphatic rings. The number of aliphatic carboxylic acids is 1. The molecule has 1 unspecified atom stereocenters. The number of phosphoric ester groups is 1. The molecule has 368 valence electrons. The topological polar surface area (TPSA) is 172 Å². The van der Waals surface area contributed by atoms with Crippen molar-refractivity contribution in [1.82, 2.24) is 0 Å². The summed E-state index contributed by atoms with van der Waals surface area (Å²) in [5.41, 5.74) is 5.35. The number of carboxylic acid groups (broad SMARTS) is 1. The lowest BCUT2D eigenvalue weighted by Crippen LogP contribution is -2.34. The van der Waals surface area contributed by atoms with Crippen LogP contribution in [0.5, 0.6) is 0 Å². The summed E-state index contributed by atoms with van der Waals surface area (Å²) in [6.07, 6.45) is 52.1. The molecule has 0 spiro atoms. The first-order valence-corrected chi connectivity index (χ1v) is 27.0. The van der Waals surface area contributed by atoms with Crippen molar-refractivity contribution in [3.8, 4) is 0 Å². The standard InChI is InChI=1S/C51H94NO10P/c1-3-5-7-9-11-13-15-17-19-21-22-23-24-25-27-29-31-33-35-37-39-41-43-50(54)62-47(45-60-63(57,58)61-46-48(52)51(55)56)44-59-49(53)42-40-38-36-34-32-30-28-26-20-18-16-14-12-10-8-6-4-2/h12,14,18,20,28,30,47-48H,3-11,13,15-17,19,21-27,29,31-46,52H2,1-2H3,(H,55,56)(H,57,58)/b14-12+,20-18+,30-28+/t47-,48+/m1/s1. The molecule has 0 aliphatic carbocycles. The fourth-order valence-electron chi connectivity index (χ4n) is 7.13. The average molecular weight is 912 g/mol. The lowest BCUT2D eigenvalue weighted by Gasteiger charge is -2.20. The normalized spacial score (nSPS) is 13.8. The van der Waals surface area contributed by atoms with Crippen LogP contribution in [-0.2, 0) is 37.5 Å². The predicted octanol–water partition coefficient (Wildman–Crippen LogP) is 14.3. The van der Waals surface area contributed by atoms with E-state index in [4.69, 9.17) is 24.8 Å². The molecule has 0 radical (unpaired) electrons. The molecule has 0 fully saturated rings. The lowest BCUT2D eigenvalue weighted by molar-refractivity contribution is -0.161. The number of unbranched alkanes of at least 4 members (excludes halogenated alkanes) is 28. The minimum Gasteiger partial charge on any atom is -0.480 e. The van der Waals surface area contributed by atoms with Gasteiger partial charge in [0.25, 0.3) is 0 Å². The van der Waals surface area contributed by atoms with Gasteiger partial charge in [-0.25, -0.2) is 4.57 Å². The van der Waals surface area contributed by atoms with Crippen LogP contribution in [0.1, 0.15) is 239 Å². The molecule has 0 saturated carbocycles. The summed E-state index contributed by atoms with van der Waals surface area (Å²) in [7, 11) is -4.72. The van der Waals surface area contributed by atoms with Crippen LogP contribution in [0.25, 0.3) is 0 Å². The van der Waals surface area contributed by atoms with Gasteiger partial charge in [0.1, 0.15) is 12.6 Å². The molecule has 11 nitrogen and oxygen atoms in total. The van der Waals surface area contributed by atoms with Crippen LogP contribution in [-0.4, -0.2) is 59.9 Å². The third kappa shape index (κ3) is 46.0. The van der Waals surface area contributed by atoms with E-state index in [1.54, 1.807) is 0 Å². The van der Waals surface area contributed by atoms with E-state index in [1.807, 2.05) is 0 Å². The van der Waals surface area contributed by atoms with E-state index in [0.29, 0.717) is 12.8 Å². The van der Waals surface area contributed by atoms with Crippen LogP contribution < -0.4 is 5.73 Å². The Labute approximate surface area is 384 Å². The highest BCUT2D eigenvalue weighted by atomic mass is 31.2. The fraction of sp³-hybridized carbons (Fsp3) is 0.824. The highest BCUT2D eigenvalue weighted by molar-refractivity contribution is 7.47. The Morgan fingerprint density at radius 2 is 0.841 bits per heavy atom. The van der Waals surface area contributed by atoms with Crippen LogP contribution in [0.2, 0.25) is 0 Å². The third-order valence-corrected chi connectivity index (χ3v) is 12.1. The Kier molecular flexibility index (Phi) is 44.5. The molecule has 0 aromatic heterocycles. The van der Waals surface area contributed by atoms with E-state index in [1.165, 1.54) is 141 Å². The van der Waals surface area contributed by atoms with E-state index in [0.717, 1.165) is 57.8 Å². The molecule has 0 rings (SSSR count). The van der Waals surface area contributed by atoms with Crippen molar-refractivity contribution in [2.75, 3.05) is 19.8 Å². The second-order valence-corrected chi connectivity index (χ2v) is 18.8. The average Bonchev–Trinajstić information content (AvgIpc) is 3.26. The molecular weight excluding hydrogens is 818 g/mol. The highest BCUT2D eigenvalue weighted by Crippen LogP contribution is 2.43. The van der Waals surface area contributed by atoms with Gasteiger partial charge in [-0.3, -0.25) is 23.4 Å². The molecule has 12 heteroatoms. The van der Waals surface area contributed by atoms with Crippen molar-refractivity contribution < 1.29 is 47.5 Å². The number of nitrogens with two attached hydrogens (primary N) is 1. The summed E-state index contributed by atoms with van der Waals surface area (Å²) in [5.74, 6) is -2.39. The van der Waals surface area contributed by atoms with Gasteiger partial charge in [-0.1, -0.05) is 211 Å². The van der Waals surface area contributed by atoms with Crippen molar-refractivity contribution in [3.63, 3.8) is 0 Å². The van der Waals surface area contributed by atoms with Gasteiger partial charge < -0.3 is 25.2 Å². The van der Waals surface area contributed by atoms with Gasteiger partial charge in [0.2, 0.25) is 0 Å². The number of carbonyl (C=O) groups excluding carboxylic acids is 2. The molecule has 0 aromatic rings. The zero-order chi connectivity index (χ0) is 46.3. The Hall–Kier alpha value is -2.30. The first kappa shape index (κ1) is 60.7. The molecule has 0 aliphatic heterocycles. The van der Waals surface area contributed by atoms with E-state index >= 15 is 0 Å². The zero-order valence-corrected chi connectivity index (χ0v) is 41.1. The second kappa shape index (κ2) is 46.2.